The van der Waals surface area contributed by atoms with Gasteiger partial charge in [0.05, 0.1) is 6.54 Å². The zero-order chi connectivity index (χ0) is 11.1. The Morgan fingerprint density at radius 2 is 2.00 bits per heavy atom. The van der Waals surface area contributed by atoms with Gasteiger partial charge in [0.25, 0.3) is 0 Å². The first kappa shape index (κ1) is 11.7. The van der Waals surface area contributed by atoms with Crippen LogP contribution in [-0.4, -0.2) is 25.5 Å². The van der Waals surface area contributed by atoms with Gasteiger partial charge in [-0.1, -0.05) is 30.3 Å². The van der Waals surface area contributed by atoms with E-state index in [2.05, 4.69) is 22.8 Å². The van der Waals surface area contributed by atoms with Crippen LogP contribution in [0.5, 0.6) is 0 Å². The van der Waals surface area contributed by atoms with Crippen molar-refractivity contribution >= 4 is 5.91 Å². The second-order valence-electron chi connectivity index (χ2n) is 3.69. The Morgan fingerprint density at radius 1 is 1.33 bits per heavy atom. The predicted molar refractivity (Wildman–Crippen MR) is 61.7 cm³/mol. The average molecular weight is 206 g/mol. The summed E-state index contributed by atoms with van der Waals surface area (Å²) in [5.74, 6) is 0.0425. The molecule has 1 unspecified atom stereocenters. The Balaban J connectivity index is 2.36. The highest BCUT2D eigenvalue weighted by Gasteiger charge is 2.06. The summed E-state index contributed by atoms with van der Waals surface area (Å²) in [5.41, 5.74) is 1.25. The number of benzene rings is 1. The summed E-state index contributed by atoms with van der Waals surface area (Å²) < 4.78 is 0. The fourth-order valence-corrected chi connectivity index (χ4v) is 1.51. The third kappa shape index (κ3) is 4.61. The summed E-state index contributed by atoms with van der Waals surface area (Å²) in [6.45, 7) is 2.39. The van der Waals surface area contributed by atoms with Crippen molar-refractivity contribution in [1.29, 1.82) is 0 Å². The Kier molecular flexibility index (Phi) is 4.84. The van der Waals surface area contributed by atoms with Crippen LogP contribution in [0.3, 0.4) is 0 Å². The van der Waals surface area contributed by atoms with Gasteiger partial charge in [0, 0.05) is 6.04 Å². The number of likely N-dealkylation sites (N-methyl/N-ethyl adjacent to an activating group) is 1. The number of carbonyl (C=O) groups is 1. The van der Waals surface area contributed by atoms with Crippen LogP contribution in [-0.2, 0) is 11.2 Å². The molecule has 82 valence electrons. The van der Waals surface area contributed by atoms with Crippen molar-refractivity contribution < 1.29 is 4.79 Å². The van der Waals surface area contributed by atoms with Gasteiger partial charge in [0.2, 0.25) is 5.91 Å². The topological polar surface area (TPSA) is 41.1 Å². The van der Waals surface area contributed by atoms with Gasteiger partial charge in [-0.2, -0.15) is 0 Å². The molecule has 0 saturated heterocycles. The van der Waals surface area contributed by atoms with Crippen LogP contribution >= 0.6 is 0 Å². The quantitative estimate of drug-likeness (QED) is 0.753. The summed E-state index contributed by atoms with van der Waals surface area (Å²) in [7, 11) is 1.77. The first-order valence-electron chi connectivity index (χ1n) is 5.20. The zero-order valence-corrected chi connectivity index (χ0v) is 9.29. The maximum Gasteiger partial charge on any atom is 0.234 e. The molecule has 0 bridgehead atoms. The number of rotatable bonds is 5. The smallest absolute Gasteiger partial charge is 0.234 e. The van der Waals surface area contributed by atoms with Gasteiger partial charge in [-0.3, -0.25) is 4.79 Å². The monoisotopic (exact) mass is 206 g/mol. The van der Waals surface area contributed by atoms with Gasteiger partial charge in [-0.25, -0.2) is 0 Å². The van der Waals surface area contributed by atoms with Gasteiger partial charge in [-0.05, 0) is 26.0 Å². The predicted octanol–water partition coefficient (Wildman–Crippen LogP) is 0.953. The van der Waals surface area contributed by atoms with E-state index in [1.54, 1.807) is 7.05 Å². The molecule has 0 spiro atoms. The highest BCUT2D eigenvalue weighted by Crippen LogP contribution is 2.02. The molecule has 0 heterocycles. The van der Waals surface area contributed by atoms with Gasteiger partial charge < -0.3 is 10.6 Å². The van der Waals surface area contributed by atoms with E-state index in [1.807, 2.05) is 25.1 Å². The summed E-state index contributed by atoms with van der Waals surface area (Å²) in [6.07, 6.45) is 0.871. The van der Waals surface area contributed by atoms with Gasteiger partial charge in [0.15, 0.2) is 0 Å². The second kappa shape index (κ2) is 6.19. The third-order valence-corrected chi connectivity index (χ3v) is 2.13. The molecule has 1 amide bonds. The molecule has 1 aromatic rings. The molecule has 3 heteroatoms. The van der Waals surface area contributed by atoms with E-state index in [9.17, 15) is 4.79 Å². The van der Waals surface area contributed by atoms with Crippen molar-refractivity contribution in [1.82, 2.24) is 10.6 Å². The van der Waals surface area contributed by atoms with E-state index in [4.69, 9.17) is 0 Å². The normalized spacial score (nSPS) is 12.1. The minimum Gasteiger partial charge on any atom is -0.352 e. The number of hydrogen-bond acceptors (Lipinski definition) is 2. The molecule has 0 saturated carbocycles. The minimum atomic E-state index is 0.0425. The fraction of sp³-hybridized carbons (Fsp3) is 0.417. The fourth-order valence-electron chi connectivity index (χ4n) is 1.51. The molecule has 0 aromatic heterocycles. The maximum atomic E-state index is 11.3. The van der Waals surface area contributed by atoms with Crippen LogP contribution in [0.15, 0.2) is 30.3 Å². The first-order valence-corrected chi connectivity index (χ1v) is 5.20. The number of carbonyl (C=O) groups excluding carboxylic acids is 1. The standard InChI is InChI=1S/C12H18N2O/c1-10(14-12(15)9-13-2)8-11-6-4-3-5-7-11/h3-7,10,13H,8-9H2,1-2H3,(H,14,15). The molecule has 0 aliphatic rings. The van der Waals surface area contributed by atoms with E-state index in [0.717, 1.165) is 6.42 Å². The molecule has 1 atom stereocenters. The molecule has 0 aliphatic carbocycles. The van der Waals surface area contributed by atoms with Crippen LogP contribution in [0.4, 0.5) is 0 Å². The summed E-state index contributed by atoms with van der Waals surface area (Å²) >= 11 is 0. The second-order valence-corrected chi connectivity index (χ2v) is 3.69. The summed E-state index contributed by atoms with van der Waals surface area (Å²) in [6, 6.07) is 10.3. The van der Waals surface area contributed by atoms with Gasteiger partial charge in [-0.15, -0.1) is 0 Å². The highest BCUT2D eigenvalue weighted by molar-refractivity contribution is 5.78. The lowest BCUT2D eigenvalue weighted by atomic mass is 10.1. The molecule has 0 fully saturated rings. The Bertz CT molecular complexity index is 298. The van der Waals surface area contributed by atoms with Gasteiger partial charge in [0.1, 0.15) is 0 Å². The Morgan fingerprint density at radius 3 is 2.60 bits per heavy atom. The van der Waals surface area contributed by atoms with Crippen molar-refractivity contribution in [2.45, 2.75) is 19.4 Å². The first-order chi connectivity index (χ1) is 7.22. The number of nitrogens with one attached hydrogen (secondary N) is 2. The van der Waals surface area contributed by atoms with Crippen LogP contribution in [0.1, 0.15) is 12.5 Å². The van der Waals surface area contributed by atoms with Crippen LogP contribution < -0.4 is 10.6 Å². The van der Waals surface area contributed by atoms with Crippen LogP contribution in [0.2, 0.25) is 0 Å². The van der Waals surface area contributed by atoms with Gasteiger partial charge >= 0.3 is 0 Å². The summed E-state index contributed by atoms with van der Waals surface area (Å²) in [5, 5.41) is 5.75. The lowest BCUT2D eigenvalue weighted by Crippen LogP contribution is -2.39. The highest BCUT2D eigenvalue weighted by atomic mass is 16.1. The Labute approximate surface area is 90.9 Å². The van der Waals surface area contributed by atoms with Crippen molar-refractivity contribution in [2.24, 2.45) is 0 Å². The maximum absolute atomic E-state index is 11.3. The number of hydrogen-bond donors (Lipinski definition) is 2. The largest absolute Gasteiger partial charge is 0.352 e. The lowest BCUT2D eigenvalue weighted by Gasteiger charge is -2.13. The van der Waals surface area contributed by atoms with Crippen molar-refractivity contribution in [3.8, 4) is 0 Å². The van der Waals surface area contributed by atoms with E-state index >= 15 is 0 Å². The van der Waals surface area contributed by atoms with E-state index in [-0.39, 0.29) is 11.9 Å². The summed E-state index contributed by atoms with van der Waals surface area (Å²) in [4.78, 5) is 11.3. The van der Waals surface area contributed by atoms with Crippen molar-refractivity contribution in [3.63, 3.8) is 0 Å². The molecule has 2 N–H and O–H groups in total. The van der Waals surface area contributed by atoms with E-state index in [1.165, 1.54) is 5.56 Å². The molecule has 3 nitrogen and oxygen atoms in total. The van der Waals surface area contributed by atoms with Crippen LogP contribution in [0, 0.1) is 0 Å². The van der Waals surface area contributed by atoms with Crippen LogP contribution in [0.25, 0.3) is 0 Å². The molecular weight excluding hydrogens is 188 g/mol. The molecule has 15 heavy (non-hydrogen) atoms. The number of amides is 1. The molecule has 0 radical (unpaired) electrons. The average Bonchev–Trinajstić information content (AvgIpc) is 2.19. The molecule has 1 aromatic carbocycles. The lowest BCUT2D eigenvalue weighted by molar-refractivity contribution is -0.120. The van der Waals surface area contributed by atoms with Crippen molar-refractivity contribution in [3.05, 3.63) is 35.9 Å². The van der Waals surface area contributed by atoms with Crippen molar-refractivity contribution in [2.75, 3.05) is 13.6 Å². The minimum absolute atomic E-state index is 0.0425. The molecule has 0 aliphatic heterocycles. The SMILES string of the molecule is CNCC(=O)NC(C)Cc1ccccc1. The van der Waals surface area contributed by atoms with E-state index < -0.39 is 0 Å². The molecule has 1 rings (SSSR count). The molecular formula is C12H18N2O. The van der Waals surface area contributed by atoms with E-state index in [0.29, 0.717) is 6.54 Å². The zero-order valence-electron chi connectivity index (χ0n) is 9.29. The Hall–Kier alpha value is -1.35. The third-order valence-electron chi connectivity index (χ3n) is 2.13.